The number of nitrogens with one attached hydrogen (secondary N) is 2. The van der Waals surface area contributed by atoms with Gasteiger partial charge < -0.3 is 15.4 Å². The first-order valence-electron chi connectivity index (χ1n) is 6.40. The van der Waals surface area contributed by atoms with E-state index in [1.54, 1.807) is 54.4 Å². The molecule has 0 spiro atoms. The second-order valence-corrected chi connectivity index (χ2v) is 4.42. The van der Waals surface area contributed by atoms with Crippen molar-refractivity contribution in [3.05, 3.63) is 54.9 Å². The number of hydrogen-bond donors (Lipinski definition) is 2. The molecule has 6 heteroatoms. The van der Waals surface area contributed by atoms with Crippen LogP contribution in [0.2, 0.25) is 0 Å². The summed E-state index contributed by atoms with van der Waals surface area (Å²) in [5.41, 5.74) is 2.31. The van der Waals surface area contributed by atoms with Crippen LogP contribution in [-0.4, -0.2) is 22.8 Å². The highest BCUT2D eigenvalue weighted by Crippen LogP contribution is 2.16. The van der Waals surface area contributed by atoms with Gasteiger partial charge >= 0.3 is 6.03 Å². The number of benzene rings is 1. The second kappa shape index (κ2) is 5.54. The van der Waals surface area contributed by atoms with Gasteiger partial charge in [-0.25, -0.2) is 9.31 Å². The molecule has 0 atom stereocenters. The first kappa shape index (κ1) is 13.0. The normalized spacial score (nSPS) is 10.3. The fourth-order valence-corrected chi connectivity index (χ4v) is 1.97. The van der Waals surface area contributed by atoms with Crippen molar-refractivity contribution >= 4 is 22.9 Å². The van der Waals surface area contributed by atoms with E-state index >= 15 is 0 Å². The van der Waals surface area contributed by atoms with Gasteiger partial charge in [-0.3, -0.25) is 0 Å². The summed E-state index contributed by atoms with van der Waals surface area (Å²) in [6.07, 6.45) is 3.49. The van der Waals surface area contributed by atoms with E-state index in [1.165, 1.54) is 0 Å². The zero-order chi connectivity index (χ0) is 14.7. The summed E-state index contributed by atoms with van der Waals surface area (Å²) in [6, 6.07) is 12.3. The van der Waals surface area contributed by atoms with Gasteiger partial charge in [0, 0.05) is 23.8 Å². The van der Waals surface area contributed by atoms with Crippen molar-refractivity contribution in [2.75, 3.05) is 17.7 Å². The quantitative estimate of drug-likeness (QED) is 0.776. The summed E-state index contributed by atoms with van der Waals surface area (Å²) >= 11 is 0. The number of urea groups is 1. The number of carbonyl (C=O) groups excluding carboxylic acids is 1. The van der Waals surface area contributed by atoms with Gasteiger partial charge in [-0.15, -0.1) is 0 Å². The number of hydrogen-bond acceptors (Lipinski definition) is 3. The number of amides is 2. The van der Waals surface area contributed by atoms with Gasteiger partial charge in [0.05, 0.1) is 12.6 Å². The largest absolute Gasteiger partial charge is 0.497 e. The molecule has 0 aliphatic rings. The molecule has 6 nitrogen and oxygen atoms in total. The third-order valence-electron chi connectivity index (χ3n) is 3.01. The summed E-state index contributed by atoms with van der Waals surface area (Å²) in [5, 5.41) is 9.63. The minimum atomic E-state index is -0.302. The minimum absolute atomic E-state index is 0.302. The van der Waals surface area contributed by atoms with E-state index < -0.39 is 0 Å². The number of methoxy groups -OCH3 is 1. The smallest absolute Gasteiger partial charge is 0.323 e. The zero-order valence-corrected chi connectivity index (χ0v) is 11.4. The van der Waals surface area contributed by atoms with Crippen LogP contribution in [0.15, 0.2) is 54.9 Å². The lowest BCUT2D eigenvalue weighted by Crippen LogP contribution is -2.19. The molecule has 2 N–H and O–H groups in total. The average molecular weight is 282 g/mol. The van der Waals surface area contributed by atoms with Crippen LogP contribution < -0.4 is 15.4 Å². The third-order valence-corrected chi connectivity index (χ3v) is 3.01. The van der Waals surface area contributed by atoms with Crippen molar-refractivity contribution in [3.63, 3.8) is 0 Å². The molecule has 0 unspecified atom stereocenters. The summed E-state index contributed by atoms with van der Waals surface area (Å²) in [4.78, 5) is 11.9. The number of fused-ring (bicyclic) bond motifs is 1. The maximum absolute atomic E-state index is 11.9. The Bertz CT molecular complexity index is 765. The highest BCUT2D eigenvalue weighted by molar-refractivity contribution is 6.00. The molecule has 2 amide bonds. The zero-order valence-electron chi connectivity index (χ0n) is 11.4. The van der Waals surface area contributed by atoms with Crippen molar-refractivity contribution in [2.24, 2.45) is 0 Å². The van der Waals surface area contributed by atoms with Crippen LogP contribution in [0.25, 0.3) is 5.52 Å². The summed E-state index contributed by atoms with van der Waals surface area (Å²) < 4.78 is 6.80. The lowest BCUT2D eigenvalue weighted by molar-refractivity contribution is 0.262. The molecule has 3 aromatic rings. The molecule has 0 bridgehead atoms. The van der Waals surface area contributed by atoms with Gasteiger partial charge in [-0.1, -0.05) is 0 Å². The Balaban J connectivity index is 1.67. The van der Waals surface area contributed by atoms with Crippen LogP contribution in [0.3, 0.4) is 0 Å². The molecule has 3 rings (SSSR count). The van der Waals surface area contributed by atoms with Gasteiger partial charge in [0.15, 0.2) is 0 Å². The molecular weight excluding hydrogens is 268 g/mol. The van der Waals surface area contributed by atoms with Crippen LogP contribution >= 0.6 is 0 Å². The Morgan fingerprint density at radius 2 is 1.86 bits per heavy atom. The fraction of sp³-hybridized carbons (Fsp3) is 0.0667. The van der Waals surface area contributed by atoms with Crippen LogP contribution in [0.5, 0.6) is 5.75 Å². The van der Waals surface area contributed by atoms with Crippen LogP contribution in [0.1, 0.15) is 0 Å². The highest BCUT2D eigenvalue weighted by atomic mass is 16.5. The summed E-state index contributed by atoms with van der Waals surface area (Å²) in [5.74, 6) is 0.743. The number of aromatic nitrogens is 2. The molecule has 21 heavy (non-hydrogen) atoms. The van der Waals surface area contributed by atoms with Crippen LogP contribution in [0, 0.1) is 0 Å². The molecule has 2 aromatic heterocycles. The van der Waals surface area contributed by atoms with Crippen molar-refractivity contribution < 1.29 is 9.53 Å². The predicted molar refractivity (Wildman–Crippen MR) is 80.8 cm³/mol. The van der Waals surface area contributed by atoms with Crippen LogP contribution in [-0.2, 0) is 0 Å². The molecule has 0 saturated carbocycles. The SMILES string of the molecule is COc1ccc(NC(=O)Nc2ccn3nccc3c2)cc1. The minimum Gasteiger partial charge on any atom is -0.497 e. The van der Waals surface area contributed by atoms with Crippen molar-refractivity contribution in [1.29, 1.82) is 0 Å². The van der Waals surface area contributed by atoms with E-state index in [0.717, 1.165) is 11.3 Å². The topological polar surface area (TPSA) is 67.7 Å². The number of ether oxygens (including phenoxy) is 1. The van der Waals surface area contributed by atoms with Crippen molar-refractivity contribution in [1.82, 2.24) is 9.61 Å². The first-order chi connectivity index (χ1) is 10.2. The van der Waals surface area contributed by atoms with E-state index in [9.17, 15) is 4.79 Å². The van der Waals surface area contributed by atoms with Gasteiger partial charge in [-0.2, -0.15) is 5.10 Å². The Morgan fingerprint density at radius 1 is 1.10 bits per heavy atom. The van der Waals surface area contributed by atoms with Crippen molar-refractivity contribution in [3.8, 4) is 5.75 Å². The predicted octanol–water partition coefficient (Wildman–Crippen LogP) is 2.99. The number of rotatable bonds is 3. The monoisotopic (exact) mass is 282 g/mol. The maximum Gasteiger partial charge on any atom is 0.323 e. The molecule has 106 valence electrons. The molecule has 0 aliphatic carbocycles. The Kier molecular flexibility index (Phi) is 3.42. The Labute approximate surface area is 121 Å². The van der Waals surface area contributed by atoms with E-state index in [2.05, 4.69) is 15.7 Å². The van der Waals surface area contributed by atoms with E-state index in [4.69, 9.17) is 4.74 Å². The van der Waals surface area contributed by atoms with Gasteiger partial charge in [0.1, 0.15) is 5.75 Å². The van der Waals surface area contributed by atoms with Crippen LogP contribution in [0.4, 0.5) is 16.2 Å². The average Bonchev–Trinajstić information content (AvgIpc) is 2.95. The number of nitrogens with zero attached hydrogens (tertiary/aromatic N) is 2. The van der Waals surface area contributed by atoms with Crippen molar-refractivity contribution in [2.45, 2.75) is 0 Å². The molecule has 0 saturated heterocycles. The van der Waals surface area contributed by atoms with Gasteiger partial charge in [0.25, 0.3) is 0 Å². The number of carbonyl (C=O) groups is 1. The second-order valence-electron chi connectivity index (χ2n) is 4.42. The molecule has 0 fully saturated rings. The van der Waals surface area contributed by atoms with Gasteiger partial charge in [-0.05, 0) is 42.5 Å². The lowest BCUT2D eigenvalue weighted by atomic mass is 10.3. The molecule has 0 radical (unpaired) electrons. The lowest BCUT2D eigenvalue weighted by Gasteiger charge is -2.08. The molecule has 0 aliphatic heterocycles. The fourth-order valence-electron chi connectivity index (χ4n) is 1.97. The van der Waals surface area contributed by atoms with E-state index in [0.29, 0.717) is 11.4 Å². The third kappa shape index (κ3) is 2.94. The summed E-state index contributed by atoms with van der Waals surface area (Å²) in [6.45, 7) is 0. The standard InChI is InChI=1S/C15H14N4O2/c1-21-14-4-2-11(3-5-14)17-15(20)18-12-7-9-19-13(10-12)6-8-16-19/h2-10H,1H3,(H2,17,18,20). The summed E-state index contributed by atoms with van der Waals surface area (Å²) in [7, 11) is 1.60. The number of pyridine rings is 1. The maximum atomic E-state index is 11.9. The van der Waals surface area contributed by atoms with E-state index in [-0.39, 0.29) is 6.03 Å². The molecular formula is C15H14N4O2. The number of anilines is 2. The van der Waals surface area contributed by atoms with Gasteiger partial charge in [0.2, 0.25) is 0 Å². The van der Waals surface area contributed by atoms with E-state index in [1.807, 2.05) is 12.1 Å². The first-order valence-corrected chi connectivity index (χ1v) is 6.40. The highest BCUT2D eigenvalue weighted by Gasteiger charge is 2.04. The molecule has 1 aromatic carbocycles. The molecule has 2 heterocycles. The Morgan fingerprint density at radius 3 is 2.62 bits per heavy atom. The Hall–Kier alpha value is -3.02.